The molecule has 0 aromatic heterocycles. The van der Waals surface area contributed by atoms with E-state index in [1.165, 1.54) is 186 Å². The van der Waals surface area contributed by atoms with Crippen molar-refractivity contribution >= 4 is 39.5 Å². The zero-order chi connectivity index (χ0) is 71.0. The topological polar surface area (TPSA) is 237 Å². The molecule has 0 heterocycles. The average Bonchev–Trinajstić information content (AvgIpc) is 1.37. The van der Waals surface area contributed by atoms with E-state index < -0.39 is 97.5 Å². The Hall–Kier alpha value is -1.94. The van der Waals surface area contributed by atoms with Crippen molar-refractivity contribution in [2.24, 2.45) is 23.7 Å². The Labute approximate surface area is 588 Å². The zero-order valence-electron chi connectivity index (χ0n) is 63.0. The van der Waals surface area contributed by atoms with E-state index in [0.29, 0.717) is 31.6 Å². The summed E-state index contributed by atoms with van der Waals surface area (Å²) in [7, 11) is -9.91. The standard InChI is InChI=1S/C77H150O17P2/c1-9-69(7)55-47-39-30-24-21-22-26-34-44-52-60-77(82)93-72(63-87-74(79)57-49-41-32-28-27-31-40-48-56-70(8)10-2)65-91-95(83,84)89-61-71(78)62-90-96(85,86)92-66-73(64-88-75(80)58-50-42-36-35-38-46-54-68(5)6)94-76(81)59-51-43-33-25-20-18-16-14-12-11-13-15-17-19-23-29-37-45-53-67(3)4/h67-73,78H,9-66H2,1-8H3,(H,83,84)(H,85,86)/t69?,70?,71?,72-,73-/m1/s1. The van der Waals surface area contributed by atoms with Crippen molar-refractivity contribution in [3.05, 3.63) is 0 Å². The highest BCUT2D eigenvalue weighted by molar-refractivity contribution is 7.47. The molecule has 0 aromatic carbocycles. The fourth-order valence-electron chi connectivity index (χ4n) is 11.7. The number of phosphoric ester groups is 2. The number of carbonyl (C=O) groups is 4. The third kappa shape index (κ3) is 67.9. The molecule has 3 N–H and O–H groups in total. The number of aliphatic hydroxyl groups is 1. The van der Waals surface area contributed by atoms with Gasteiger partial charge in [-0.3, -0.25) is 37.3 Å². The van der Waals surface area contributed by atoms with Crippen molar-refractivity contribution < 1.29 is 80.2 Å². The lowest BCUT2D eigenvalue weighted by molar-refractivity contribution is -0.161. The van der Waals surface area contributed by atoms with E-state index >= 15 is 0 Å². The van der Waals surface area contributed by atoms with Gasteiger partial charge in [0.1, 0.15) is 19.3 Å². The molecule has 0 fully saturated rings. The Kier molecular flexibility index (Phi) is 65.0. The average molecular weight is 1410 g/mol. The second kappa shape index (κ2) is 66.3. The molecule has 0 saturated heterocycles. The maximum atomic E-state index is 13.1. The second-order valence-corrected chi connectivity index (χ2v) is 32.1. The number of hydrogen-bond donors (Lipinski definition) is 3. The molecule has 0 bridgehead atoms. The summed E-state index contributed by atoms with van der Waals surface area (Å²) in [4.78, 5) is 72.8. The van der Waals surface area contributed by atoms with Crippen LogP contribution in [0.4, 0.5) is 0 Å². The summed E-state index contributed by atoms with van der Waals surface area (Å²) in [5.41, 5.74) is 0. The highest BCUT2D eigenvalue weighted by Crippen LogP contribution is 2.45. The van der Waals surface area contributed by atoms with Crippen LogP contribution in [-0.2, 0) is 65.4 Å². The van der Waals surface area contributed by atoms with Crippen molar-refractivity contribution in [3.63, 3.8) is 0 Å². The minimum atomic E-state index is -4.96. The first-order chi connectivity index (χ1) is 46.2. The van der Waals surface area contributed by atoms with E-state index in [-0.39, 0.29) is 25.7 Å². The molecule has 96 heavy (non-hydrogen) atoms. The molecule has 0 aliphatic carbocycles. The fourth-order valence-corrected chi connectivity index (χ4v) is 13.2. The molecule has 0 radical (unpaired) electrons. The van der Waals surface area contributed by atoms with Crippen LogP contribution in [0.2, 0.25) is 0 Å². The molecule has 570 valence electrons. The van der Waals surface area contributed by atoms with Gasteiger partial charge < -0.3 is 33.8 Å². The number of aliphatic hydroxyl groups excluding tert-OH is 1. The van der Waals surface area contributed by atoms with E-state index in [4.69, 9.17) is 37.0 Å². The molecule has 17 nitrogen and oxygen atoms in total. The summed E-state index contributed by atoms with van der Waals surface area (Å²) in [6.07, 6.45) is 51.5. The lowest BCUT2D eigenvalue weighted by Gasteiger charge is -2.21. The summed E-state index contributed by atoms with van der Waals surface area (Å²) in [5, 5.41) is 10.6. The molecule has 0 rings (SSSR count). The van der Waals surface area contributed by atoms with Crippen LogP contribution in [0.25, 0.3) is 0 Å². The Morgan fingerprint density at radius 2 is 0.500 bits per heavy atom. The maximum Gasteiger partial charge on any atom is 0.472 e. The van der Waals surface area contributed by atoms with E-state index in [2.05, 4.69) is 55.4 Å². The Balaban J connectivity index is 5.19. The summed E-state index contributed by atoms with van der Waals surface area (Å²) in [5.74, 6) is 0.957. The van der Waals surface area contributed by atoms with Crippen molar-refractivity contribution in [1.29, 1.82) is 0 Å². The number of phosphoric acid groups is 2. The Morgan fingerprint density at radius 3 is 0.740 bits per heavy atom. The van der Waals surface area contributed by atoms with Gasteiger partial charge >= 0.3 is 39.5 Å². The molecule has 0 aliphatic rings. The highest BCUT2D eigenvalue weighted by atomic mass is 31.2. The van der Waals surface area contributed by atoms with E-state index in [1.807, 2.05) is 0 Å². The van der Waals surface area contributed by atoms with Gasteiger partial charge in [-0.25, -0.2) is 9.13 Å². The van der Waals surface area contributed by atoms with Gasteiger partial charge in [-0.05, 0) is 49.4 Å². The number of hydrogen-bond acceptors (Lipinski definition) is 15. The van der Waals surface area contributed by atoms with Gasteiger partial charge in [-0.2, -0.15) is 0 Å². The van der Waals surface area contributed by atoms with Crippen LogP contribution in [0.1, 0.15) is 389 Å². The molecular formula is C77H150O17P2. The molecule has 19 heteroatoms. The smallest absolute Gasteiger partial charge is 0.462 e. The number of ether oxygens (including phenoxy) is 4. The number of rotatable bonds is 74. The van der Waals surface area contributed by atoms with Crippen molar-refractivity contribution in [3.8, 4) is 0 Å². The summed E-state index contributed by atoms with van der Waals surface area (Å²) < 4.78 is 68.5. The summed E-state index contributed by atoms with van der Waals surface area (Å²) in [6, 6.07) is 0. The quantitative estimate of drug-likeness (QED) is 0.0222. The number of esters is 4. The van der Waals surface area contributed by atoms with Gasteiger partial charge in [0.2, 0.25) is 0 Å². The summed E-state index contributed by atoms with van der Waals surface area (Å²) >= 11 is 0. The van der Waals surface area contributed by atoms with Crippen LogP contribution in [0, 0.1) is 23.7 Å². The van der Waals surface area contributed by atoms with Gasteiger partial charge in [0.15, 0.2) is 12.2 Å². The second-order valence-electron chi connectivity index (χ2n) is 29.2. The Morgan fingerprint density at radius 1 is 0.292 bits per heavy atom. The van der Waals surface area contributed by atoms with Gasteiger partial charge in [-0.1, -0.05) is 338 Å². The van der Waals surface area contributed by atoms with Crippen molar-refractivity contribution in [2.75, 3.05) is 39.6 Å². The van der Waals surface area contributed by atoms with E-state index in [1.54, 1.807) is 0 Å². The minimum absolute atomic E-state index is 0.105. The SMILES string of the molecule is CCC(C)CCCCCCCCCCCCC(=O)O[C@H](COC(=O)CCCCCCCCCCC(C)CC)COP(=O)(O)OCC(O)COP(=O)(O)OC[C@@H](COC(=O)CCCCCCCCC(C)C)OC(=O)CCCCCCCCCCCCCCCCCCCCC(C)C. The third-order valence-electron chi connectivity index (χ3n) is 18.5. The van der Waals surface area contributed by atoms with Crippen LogP contribution in [0.3, 0.4) is 0 Å². The van der Waals surface area contributed by atoms with Gasteiger partial charge in [0, 0.05) is 25.7 Å². The fraction of sp³-hybridized carbons (Fsp3) is 0.948. The first-order valence-electron chi connectivity index (χ1n) is 39.8. The third-order valence-corrected chi connectivity index (χ3v) is 20.4. The first-order valence-corrected chi connectivity index (χ1v) is 42.8. The maximum absolute atomic E-state index is 13.1. The Bertz CT molecular complexity index is 1890. The summed E-state index contributed by atoms with van der Waals surface area (Å²) in [6.45, 7) is 14.2. The predicted octanol–water partition coefficient (Wildman–Crippen LogP) is 22.4. The normalized spacial score (nSPS) is 14.7. The molecule has 0 amide bonds. The number of unbranched alkanes of at least 4 members (excludes halogenated alkanes) is 38. The molecular weight excluding hydrogens is 1260 g/mol. The molecule has 0 saturated carbocycles. The van der Waals surface area contributed by atoms with Crippen LogP contribution in [-0.4, -0.2) is 96.7 Å². The minimum Gasteiger partial charge on any atom is -0.462 e. The lowest BCUT2D eigenvalue weighted by Crippen LogP contribution is -2.30. The van der Waals surface area contributed by atoms with Crippen LogP contribution in [0.5, 0.6) is 0 Å². The van der Waals surface area contributed by atoms with Gasteiger partial charge in [0.05, 0.1) is 26.4 Å². The monoisotopic (exact) mass is 1410 g/mol. The van der Waals surface area contributed by atoms with E-state index in [9.17, 15) is 43.2 Å². The molecule has 0 aromatic rings. The molecule has 0 aliphatic heterocycles. The lowest BCUT2D eigenvalue weighted by atomic mass is 9.99. The molecule has 5 unspecified atom stereocenters. The first kappa shape index (κ1) is 94.1. The van der Waals surface area contributed by atoms with Gasteiger partial charge in [0.25, 0.3) is 0 Å². The van der Waals surface area contributed by atoms with Crippen LogP contribution in [0.15, 0.2) is 0 Å². The van der Waals surface area contributed by atoms with Crippen molar-refractivity contribution in [1.82, 2.24) is 0 Å². The van der Waals surface area contributed by atoms with Crippen LogP contribution < -0.4 is 0 Å². The largest absolute Gasteiger partial charge is 0.472 e. The zero-order valence-corrected chi connectivity index (χ0v) is 64.8. The highest BCUT2D eigenvalue weighted by Gasteiger charge is 2.30. The van der Waals surface area contributed by atoms with Crippen molar-refractivity contribution in [2.45, 2.75) is 408 Å². The molecule has 7 atom stereocenters. The van der Waals surface area contributed by atoms with Crippen LogP contribution >= 0.6 is 15.6 Å². The number of carbonyl (C=O) groups excluding carboxylic acids is 4. The molecule has 0 spiro atoms. The van der Waals surface area contributed by atoms with E-state index in [0.717, 1.165) is 114 Å². The van der Waals surface area contributed by atoms with Gasteiger partial charge in [-0.15, -0.1) is 0 Å². The predicted molar refractivity (Wildman–Crippen MR) is 391 cm³/mol.